The Morgan fingerprint density at radius 2 is 2.11 bits per heavy atom. The average Bonchev–Trinajstić information content (AvgIpc) is 2.80. The van der Waals surface area contributed by atoms with Crippen molar-refractivity contribution in [2.24, 2.45) is 0 Å². The van der Waals surface area contributed by atoms with E-state index in [0.717, 1.165) is 30.0 Å². The first-order valence-electron chi connectivity index (χ1n) is 6.55. The molecule has 0 amide bonds. The van der Waals surface area contributed by atoms with Gasteiger partial charge in [0.15, 0.2) is 11.6 Å². The Balaban J connectivity index is 2.11. The van der Waals surface area contributed by atoms with Gasteiger partial charge in [-0.3, -0.25) is 4.68 Å². The van der Waals surface area contributed by atoms with Crippen LogP contribution < -0.4 is 10.5 Å². The normalized spacial score (nSPS) is 10.7. The molecule has 0 atom stereocenters. The maximum Gasteiger partial charge on any atom is 0.166 e. The zero-order chi connectivity index (χ0) is 13.8. The molecule has 2 aromatic heterocycles. The second kappa shape index (κ2) is 5.73. The molecule has 0 saturated carbocycles. The van der Waals surface area contributed by atoms with Crippen molar-refractivity contribution in [2.45, 2.75) is 40.3 Å². The van der Waals surface area contributed by atoms with Crippen LogP contribution in [-0.4, -0.2) is 14.8 Å². The van der Waals surface area contributed by atoms with Crippen LogP contribution in [0.3, 0.4) is 0 Å². The number of hydrogen-bond acceptors (Lipinski definition) is 4. The molecule has 102 valence electrons. The van der Waals surface area contributed by atoms with Crippen LogP contribution in [0.1, 0.15) is 30.9 Å². The lowest BCUT2D eigenvalue weighted by Crippen LogP contribution is -2.07. The predicted octanol–water partition coefficient (Wildman–Crippen LogP) is 2.33. The van der Waals surface area contributed by atoms with Gasteiger partial charge in [-0.25, -0.2) is 4.98 Å². The van der Waals surface area contributed by atoms with Crippen LogP contribution in [-0.2, 0) is 19.6 Å². The topological polar surface area (TPSA) is 66.0 Å². The van der Waals surface area contributed by atoms with E-state index in [9.17, 15) is 0 Å². The molecule has 0 fully saturated rings. The minimum Gasteiger partial charge on any atom is -0.483 e. The van der Waals surface area contributed by atoms with Crippen LogP contribution in [0.25, 0.3) is 0 Å². The third-order valence-corrected chi connectivity index (χ3v) is 2.98. The van der Waals surface area contributed by atoms with E-state index in [1.54, 1.807) is 0 Å². The van der Waals surface area contributed by atoms with Crippen LogP contribution in [0.4, 0.5) is 5.82 Å². The highest BCUT2D eigenvalue weighted by Crippen LogP contribution is 2.20. The van der Waals surface area contributed by atoms with Crippen molar-refractivity contribution in [2.75, 3.05) is 5.73 Å². The number of anilines is 1. The van der Waals surface area contributed by atoms with Crippen molar-refractivity contribution in [1.29, 1.82) is 0 Å². The molecule has 0 aliphatic carbocycles. The van der Waals surface area contributed by atoms with Gasteiger partial charge in [-0.05, 0) is 38.5 Å². The largest absolute Gasteiger partial charge is 0.483 e. The van der Waals surface area contributed by atoms with Gasteiger partial charge in [0.1, 0.15) is 6.61 Å². The molecular weight excluding hydrogens is 240 g/mol. The van der Waals surface area contributed by atoms with Crippen LogP contribution in [0, 0.1) is 6.92 Å². The number of aryl methyl sites for hydroxylation is 3. The summed E-state index contributed by atoms with van der Waals surface area (Å²) in [7, 11) is 0. The molecule has 2 heterocycles. The van der Waals surface area contributed by atoms with Gasteiger partial charge in [0.25, 0.3) is 0 Å². The maximum atomic E-state index is 5.83. The molecule has 0 spiro atoms. The number of rotatable bonds is 5. The summed E-state index contributed by atoms with van der Waals surface area (Å²) in [6.07, 6.45) is 0.925. The van der Waals surface area contributed by atoms with Crippen molar-refractivity contribution in [3.05, 3.63) is 35.3 Å². The zero-order valence-electron chi connectivity index (χ0n) is 11.7. The molecule has 5 nitrogen and oxygen atoms in total. The first kappa shape index (κ1) is 13.4. The van der Waals surface area contributed by atoms with Crippen molar-refractivity contribution < 1.29 is 4.74 Å². The van der Waals surface area contributed by atoms with E-state index >= 15 is 0 Å². The Morgan fingerprint density at radius 1 is 1.32 bits per heavy atom. The molecule has 0 radical (unpaired) electrons. The molecule has 0 aromatic carbocycles. The smallest absolute Gasteiger partial charge is 0.166 e. The molecule has 5 heteroatoms. The third-order valence-electron chi connectivity index (χ3n) is 2.98. The van der Waals surface area contributed by atoms with E-state index < -0.39 is 0 Å². The number of hydrogen-bond donors (Lipinski definition) is 1. The summed E-state index contributed by atoms with van der Waals surface area (Å²) in [4.78, 5) is 4.18. The molecule has 0 bridgehead atoms. The fourth-order valence-electron chi connectivity index (χ4n) is 1.92. The monoisotopic (exact) mass is 260 g/mol. The number of nitrogens with zero attached hydrogens (tertiary/aromatic N) is 3. The van der Waals surface area contributed by atoms with E-state index in [0.29, 0.717) is 18.2 Å². The van der Waals surface area contributed by atoms with Gasteiger partial charge in [-0.15, -0.1) is 0 Å². The highest BCUT2D eigenvalue weighted by atomic mass is 16.5. The molecule has 2 rings (SSSR count). The number of aromatic nitrogens is 3. The lowest BCUT2D eigenvalue weighted by atomic mass is 10.3. The molecule has 2 N–H and O–H groups in total. The molecule has 0 aliphatic rings. The molecular formula is C14H20N4O. The zero-order valence-corrected chi connectivity index (χ0v) is 11.7. The number of pyridine rings is 1. The molecule has 0 unspecified atom stereocenters. The summed E-state index contributed by atoms with van der Waals surface area (Å²) in [6, 6.07) is 5.81. The SMILES string of the molecule is CCc1cc(COc2ccc(C)nc2N)n(CC)n1. The second-order valence-corrected chi connectivity index (χ2v) is 4.42. The first-order chi connectivity index (χ1) is 9.13. The number of ether oxygens (including phenoxy) is 1. The Morgan fingerprint density at radius 3 is 2.74 bits per heavy atom. The highest BCUT2D eigenvalue weighted by Gasteiger charge is 2.08. The summed E-state index contributed by atoms with van der Waals surface area (Å²) in [5.41, 5.74) is 8.85. The summed E-state index contributed by atoms with van der Waals surface area (Å²) in [6.45, 7) is 7.35. The molecule has 0 aliphatic heterocycles. The van der Waals surface area contributed by atoms with Gasteiger partial charge in [-0.1, -0.05) is 6.92 Å². The number of nitrogen functional groups attached to an aromatic ring is 1. The van der Waals surface area contributed by atoms with Gasteiger partial charge in [0.2, 0.25) is 0 Å². The lowest BCUT2D eigenvalue weighted by molar-refractivity contribution is 0.293. The van der Waals surface area contributed by atoms with Crippen LogP contribution in [0.15, 0.2) is 18.2 Å². The van der Waals surface area contributed by atoms with Gasteiger partial charge >= 0.3 is 0 Å². The van der Waals surface area contributed by atoms with E-state index in [-0.39, 0.29) is 0 Å². The molecule has 0 saturated heterocycles. The van der Waals surface area contributed by atoms with Crippen LogP contribution in [0.2, 0.25) is 0 Å². The van der Waals surface area contributed by atoms with Gasteiger partial charge in [0, 0.05) is 12.2 Å². The summed E-state index contributed by atoms with van der Waals surface area (Å²) < 4.78 is 7.68. The van der Waals surface area contributed by atoms with Crippen molar-refractivity contribution >= 4 is 5.82 Å². The van der Waals surface area contributed by atoms with Crippen LogP contribution in [0.5, 0.6) is 5.75 Å². The number of nitrogens with two attached hydrogens (primary N) is 1. The maximum absolute atomic E-state index is 5.83. The van der Waals surface area contributed by atoms with Crippen molar-refractivity contribution in [1.82, 2.24) is 14.8 Å². The van der Waals surface area contributed by atoms with E-state index in [2.05, 4.69) is 30.0 Å². The summed E-state index contributed by atoms with van der Waals surface area (Å²) >= 11 is 0. The lowest BCUT2D eigenvalue weighted by Gasteiger charge is -2.09. The fraction of sp³-hybridized carbons (Fsp3) is 0.429. The predicted molar refractivity (Wildman–Crippen MR) is 75.0 cm³/mol. The summed E-state index contributed by atoms with van der Waals surface area (Å²) in [5, 5.41) is 4.49. The fourth-order valence-corrected chi connectivity index (χ4v) is 1.92. The van der Waals surface area contributed by atoms with E-state index in [1.165, 1.54) is 0 Å². The third kappa shape index (κ3) is 3.05. The first-order valence-corrected chi connectivity index (χ1v) is 6.55. The summed E-state index contributed by atoms with van der Waals surface area (Å²) in [5.74, 6) is 1.05. The standard InChI is InChI=1S/C14H20N4O/c1-4-11-8-12(18(5-2)17-11)9-19-13-7-6-10(3)16-14(13)15/h6-8H,4-5,9H2,1-3H3,(H2,15,16). The molecule has 2 aromatic rings. The Hall–Kier alpha value is -2.04. The van der Waals surface area contributed by atoms with Gasteiger partial charge in [0.05, 0.1) is 11.4 Å². The minimum atomic E-state index is 0.429. The Bertz CT molecular complexity index is 563. The van der Waals surface area contributed by atoms with Gasteiger partial charge in [-0.2, -0.15) is 5.10 Å². The minimum absolute atomic E-state index is 0.429. The highest BCUT2D eigenvalue weighted by molar-refractivity contribution is 5.46. The molecule has 19 heavy (non-hydrogen) atoms. The quantitative estimate of drug-likeness (QED) is 0.896. The van der Waals surface area contributed by atoms with E-state index in [4.69, 9.17) is 10.5 Å². The van der Waals surface area contributed by atoms with Crippen LogP contribution >= 0.6 is 0 Å². The van der Waals surface area contributed by atoms with E-state index in [1.807, 2.05) is 23.7 Å². The second-order valence-electron chi connectivity index (χ2n) is 4.42. The van der Waals surface area contributed by atoms with Crippen molar-refractivity contribution in [3.8, 4) is 5.75 Å². The Kier molecular flexibility index (Phi) is 4.04. The average molecular weight is 260 g/mol. The van der Waals surface area contributed by atoms with Crippen molar-refractivity contribution in [3.63, 3.8) is 0 Å². The Labute approximate surface area is 113 Å². The van der Waals surface area contributed by atoms with Gasteiger partial charge < -0.3 is 10.5 Å².